The van der Waals surface area contributed by atoms with Crippen molar-refractivity contribution < 1.29 is 9.18 Å². The molecule has 4 rings (SSSR count). The second kappa shape index (κ2) is 6.51. The molecule has 3 aromatic heterocycles. The molecule has 1 aliphatic heterocycles. The molecule has 1 N–H and O–H groups in total. The van der Waals surface area contributed by atoms with Crippen LogP contribution in [-0.4, -0.2) is 43.4 Å². The minimum Gasteiger partial charge on any atom is -0.348 e. The van der Waals surface area contributed by atoms with Crippen molar-refractivity contribution in [3.63, 3.8) is 0 Å². The molecule has 1 atom stereocenters. The Morgan fingerprint density at radius 1 is 1.28 bits per heavy atom. The van der Waals surface area contributed by atoms with Gasteiger partial charge in [-0.05, 0) is 37.1 Å². The van der Waals surface area contributed by atoms with Crippen molar-refractivity contribution in [3.8, 4) is 5.82 Å². The molecule has 6 nitrogen and oxygen atoms in total. The molecule has 1 aliphatic rings. The van der Waals surface area contributed by atoms with Crippen molar-refractivity contribution in [2.75, 3.05) is 13.1 Å². The predicted molar refractivity (Wildman–Crippen MR) is 90.0 cm³/mol. The maximum absolute atomic E-state index is 12.9. The molecule has 4 heterocycles. The van der Waals surface area contributed by atoms with E-state index in [1.54, 1.807) is 11.2 Å². The summed E-state index contributed by atoms with van der Waals surface area (Å²) in [4.78, 5) is 25.6. The lowest BCUT2D eigenvalue weighted by atomic mass is 9.95. The van der Waals surface area contributed by atoms with Crippen LogP contribution in [0, 0.1) is 5.95 Å². The second-order valence-electron chi connectivity index (χ2n) is 6.22. The van der Waals surface area contributed by atoms with Crippen LogP contribution in [-0.2, 0) is 0 Å². The first kappa shape index (κ1) is 15.6. The Morgan fingerprint density at radius 3 is 2.96 bits per heavy atom. The maximum atomic E-state index is 12.9. The van der Waals surface area contributed by atoms with Gasteiger partial charge in [-0.15, -0.1) is 0 Å². The van der Waals surface area contributed by atoms with E-state index in [-0.39, 0.29) is 11.8 Å². The van der Waals surface area contributed by atoms with E-state index in [1.807, 2.05) is 29.1 Å². The van der Waals surface area contributed by atoms with Crippen LogP contribution >= 0.6 is 0 Å². The van der Waals surface area contributed by atoms with Crippen molar-refractivity contribution in [2.45, 2.75) is 18.8 Å². The largest absolute Gasteiger partial charge is 0.348 e. The number of carbonyl (C=O) groups is 1. The zero-order chi connectivity index (χ0) is 17.2. The molecule has 0 spiro atoms. The molecule has 0 aliphatic carbocycles. The number of hydrogen-bond acceptors (Lipinski definition) is 3. The smallest absolute Gasteiger partial charge is 0.255 e. The summed E-state index contributed by atoms with van der Waals surface area (Å²) < 4.78 is 14.9. The fourth-order valence-corrected chi connectivity index (χ4v) is 3.25. The summed E-state index contributed by atoms with van der Waals surface area (Å²) >= 11 is 0. The van der Waals surface area contributed by atoms with Crippen LogP contribution in [0.15, 0.2) is 49.2 Å². The van der Waals surface area contributed by atoms with Crippen LogP contribution in [0.2, 0.25) is 0 Å². The van der Waals surface area contributed by atoms with Crippen molar-refractivity contribution in [1.29, 1.82) is 0 Å². The van der Waals surface area contributed by atoms with Gasteiger partial charge in [-0.2, -0.15) is 4.39 Å². The van der Waals surface area contributed by atoms with E-state index in [0.717, 1.165) is 24.4 Å². The number of halogens is 1. The van der Waals surface area contributed by atoms with Gasteiger partial charge >= 0.3 is 0 Å². The number of nitrogens with one attached hydrogen (secondary N) is 1. The first-order chi connectivity index (χ1) is 12.2. The third-order valence-electron chi connectivity index (χ3n) is 4.56. The summed E-state index contributed by atoms with van der Waals surface area (Å²) in [5.41, 5.74) is 1.39. The Balaban J connectivity index is 1.49. The SMILES string of the molecule is O=C(c1ccc(F)nc1)N1CCC[C@H](c2cn(-c3ccc[nH]3)cn2)C1. The summed E-state index contributed by atoms with van der Waals surface area (Å²) in [6, 6.07) is 6.61. The normalized spacial score (nSPS) is 17.6. The zero-order valence-electron chi connectivity index (χ0n) is 13.6. The van der Waals surface area contributed by atoms with Crippen LogP contribution in [0.1, 0.15) is 34.8 Å². The highest BCUT2D eigenvalue weighted by Crippen LogP contribution is 2.27. The third-order valence-corrected chi connectivity index (χ3v) is 4.56. The average Bonchev–Trinajstić information content (AvgIpc) is 3.33. The van der Waals surface area contributed by atoms with E-state index < -0.39 is 5.95 Å². The zero-order valence-corrected chi connectivity index (χ0v) is 13.6. The van der Waals surface area contributed by atoms with Gasteiger partial charge in [0.05, 0.1) is 11.3 Å². The van der Waals surface area contributed by atoms with Gasteiger partial charge in [-0.25, -0.2) is 9.97 Å². The Morgan fingerprint density at radius 2 is 2.20 bits per heavy atom. The predicted octanol–water partition coefficient (Wildman–Crippen LogP) is 2.75. The number of nitrogens with zero attached hydrogens (tertiary/aromatic N) is 4. The molecular formula is C18H18FN5O. The highest BCUT2D eigenvalue weighted by Gasteiger charge is 2.27. The molecule has 25 heavy (non-hydrogen) atoms. The number of piperidine rings is 1. The molecule has 0 radical (unpaired) electrons. The standard InChI is InChI=1S/C18H18FN5O/c19-16-6-5-13(9-21-16)18(25)23-8-2-3-14(10-23)15-11-24(12-22-15)17-4-1-7-20-17/h1,4-7,9,11-12,14,20H,2-3,8,10H2/t14-/m0/s1. The van der Waals surface area contributed by atoms with Crippen LogP contribution in [0.3, 0.4) is 0 Å². The molecule has 3 aromatic rings. The third kappa shape index (κ3) is 3.17. The molecule has 0 unspecified atom stereocenters. The Kier molecular flexibility index (Phi) is 4.05. The van der Waals surface area contributed by atoms with E-state index in [4.69, 9.17) is 0 Å². The second-order valence-corrected chi connectivity index (χ2v) is 6.22. The summed E-state index contributed by atoms with van der Waals surface area (Å²) in [5, 5.41) is 0. The molecule has 0 saturated carbocycles. The number of aromatic nitrogens is 4. The number of aromatic amines is 1. The van der Waals surface area contributed by atoms with Gasteiger partial charge in [0, 0.05) is 37.6 Å². The van der Waals surface area contributed by atoms with Gasteiger partial charge in [0.2, 0.25) is 5.95 Å². The number of H-pyrrole nitrogens is 1. The van der Waals surface area contributed by atoms with E-state index in [2.05, 4.69) is 15.0 Å². The molecule has 7 heteroatoms. The Bertz CT molecular complexity index is 856. The lowest BCUT2D eigenvalue weighted by molar-refractivity contribution is 0.0705. The van der Waals surface area contributed by atoms with Crippen LogP contribution in [0.5, 0.6) is 0 Å². The first-order valence-electron chi connectivity index (χ1n) is 8.29. The van der Waals surface area contributed by atoms with E-state index >= 15 is 0 Å². The lowest BCUT2D eigenvalue weighted by Crippen LogP contribution is -2.39. The number of carbonyl (C=O) groups excluding carboxylic acids is 1. The van der Waals surface area contributed by atoms with Crippen molar-refractivity contribution >= 4 is 5.91 Å². The maximum Gasteiger partial charge on any atom is 0.255 e. The minimum atomic E-state index is -0.581. The number of rotatable bonds is 3. The molecule has 1 fully saturated rings. The quantitative estimate of drug-likeness (QED) is 0.746. The Labute approximate surface area is 144 Å². The fourth-order valence-electron chi connectivity index (χ4n) is 3.25. The van der Waals surface area contributed by atoms with E-state index in [0.29, 0.717) is 18.7 Å². The number of likely N-dealkylation sites (tertiary alicyclic amines) is 1. The van der Waals surface area contributed by atoms with Gasteiger partial charge < -0.3 is 9.88 Å². The summed E-state index contributed by atoms with van der Waals surface area (Å²) in [5.74, 6) is 0.464. The number of hydrogen-bond donors (Lipinski definition) is 1. The minimum absolute atomic E-state index is 0.110. The van der Waals surface area contributed by atoms with E-state index in [1.165, 1.54) is 18.3 Å². The monoisotopic (exact) mass is 339 g/mol. The van der Waals surface area contributed by atoms with E-state index in [9.17, 15) is 9.18 Å². The first-order valence-corrected chi connectivity index (χ1v) is 8.29. The lowest BCUT2D eigenvalue weighted by Gasteiger charge is -2.32. The van der Waals surface area contributed by atoms with Crippen molar-refractivity contribution in [3.05, 3.63) is 66.4 Å². The van der Waals surface area contributed by atoms with Gasteiger partial charge in [0.15, 0.2) is 0 Å². The topological polar surface area (TPSA) is 66.8 Å². The average molecular weight is 339 g/mol. The summed E-state index contributed by atoms with van der Waals surface area (Å²) in [6.07, 6.45) is 8.86. The molecule has 0 aromatic carbocycles. The molecule has 128 valence electrons. The van der Waals surface area contributed by atoms with Gasteiger partial charge in [-0.1, -0.05) is 0 Å². The number of amides is 1. The molecular weight excluding hydrogens is 321 g/mol. The highest BCUT2D eigenvalue weighted by molar-refractivity contribution is 5.94. The molecule has 0 bridgehead atoms. The summed E-state index contributed by atoms with van der Waals surface area (Å²) in [6.45, 7) is 1.31. The number of imidazole rings is 1. The summed E-state index contributed by atoms with van der Waals surface area (Å²) in [7, 11) is 0. The van der Waals surface area contributed by atoms with Gasteiger partial charge in [0.25, 0.3) is 5.91 Å². The van der Waals surface area contributed by atoms with Crippen LogP contribution < -0.4 is 0 Å². The highest BCUT2D eigenvalue weighted by atomic mass is 19.1. The molecule has 1 saturated heterocycles. The van der Waals surface area contributed by atoms with Crippen LogP contribution in [0.4, 0.5) is 4.39 Å². The van der Waals surface area contributed by atoms with Crippen LogP contribution in [0.25, 0.3) is 5.82 Å². The fraction of sp³-hybridized carbons (Fsp3) is 0.278. The van der Waals surface area contributed by atoms with Crippen molar-refractivity contribution in [2.24, 2.45) is 0 Å². The van der Waals surface area contributed by atoms with Gasteiger partial charge in [-0.3, -0.25) is 9.36 Å². The number of pyridine rings is 1. The molecule has 1 amide bonds. The van der Waals surface area contributed by atoms with Gasteiger partial charge in [0.1, 0.15) is 12.1 Å². The Hall–Kier alpha value is -2.96. The van der Waals surface area contributed by atoms with Crippen molar-refractivity contribution in [1.82, 2.24) is 24.4 Å².